The molecule has 0 amide bonds. The molecule has 0 unspecified atom stereocenters. The summed E-state index contributed by atoms with van der Waals surface area (Å²) in [6.45, 7) is 8.95. The molecule has 0 radical (unpaired) electrons. The van der Waals surface area contributed by atoms with Crippen molar-refractivity contribution in [3.05, 3.63) is 23.8 Å². The summed E-state index contributed by atoms with van der Waals surface area (Å²) in [6.07, 6.45) is 1.57. The van der Waals surface area contributed by atoms with Gasteiger partial charge in [-0.3, -0.25) is 4.98 Å². The molecule has 2 aliphatic heterocycles. The van der Waals surface area contributed by atoms with Crippen LogP contribution in [0.25, 0.3) is 0 Å². The summed E-state index contributed by atoms with van der Waals surface area (Å²) < 4.78 is 42.2. The molecule has 21 heavy (non-hydrogen) atoms. The molecule has 0 saturated carbocycles. The first-order chi connectivity index (χ1) is 11.1. The van der Waals surface area contributed by atoms with Crippen LogP contribution < -0.4 is 5.59 Å². The number of rotatable bonds is 2. The Morgan fingerprint density at radius 2 is 1.76 bits per heavy atom. The van der Waals surface area contributed by atoms with E-state index in [9.17, 15) is 0 Å². The Morgan fingerprint density at radius 1 is 1.14 bits per heavy atom. The second-order valence-electron chi connectivity index (χ2n) is 6.75. The topological polar surface area (TPSA) is 40.6 Å². The van der Waals surface area contributed by atoms with Crippen LogP contribution in [0, 0.1) is 0 Å². The molecule has 2 aliphatic rings. The first-order valence-corrected chi connectivity index (χ1v) is 7.55. The predicted molar refractivity (Wildman–Crippen MR) is 82.7 cm³/mol. The van der Waals surface area contributed by atoms with Crippen molar-refractivity contribution in [1.82, 2.24) is 4.98 Å². The minimum atomic E-state index is -0.820. The molecule has 5 heteroatoms. The summed E-state index contributed by atoms with van der Waals surface area (Å²) in [6, 6.07) is 0.0533. The highest BCUT2D eigenvalue weighted by molar-refractivity contribution is 6.61. The highest BCUT2D eigenvalue weighted by Gasteiger charge is 2.52. The molecule has 0 atom stereocenters. The molecular weight excluding hydrogens is 265 g/mol. The third-order valence-corrected chi connectivity index (χ3v) is 4.73. The fourth-order valence-electron chi connectivity index (χ4n) is 2.55. The highest BCUT2D eigenvalue weighted by Crippen LogP contribution is 2.36. The quantitative estimate of drug-likeness (QED) is 0.784. The molecule has 0 aliphatic carbocycles. The zero-order valence-corrected chi connectivity index (χ0v) is 13.2. The van der Waals surface area contributed by atoms with Crippen molar-refractivity contribution in [2.45, 2.75) is 57.7 Å². The summed E-state index contributed by atoms with van der Waals surface area (Å²) in [5.41, 5.74) is -0.325. The third-order valence-electron chi connectivity index (χ3n) is 4.73. The molecule has 0 bridgehead atoms. The number of pyridine rings is 1. The van der Waals surface area contributed by atoms with Gasteiger partial charge in [-0.25, -0.2) is 0 Å². The number of ether oxygens (including phenoxy) is 1. The van der Waals surface area contributed by atoms with Crippen LogP contribution in [0.3, 0.4) is 0 Å². The van der Waals surface area contributed by atoms with Gasteiger partial charge in [0.2, 0.25) is 0 Å². The average molecular weight is 292 g/mol. The smallest absolute Gasteiger partial charge is 0.398 e. The Labute approximate surface area is 131 Å². The van der Waals surface area contributed by atoms with E-state index in [1.807, 2.05) is 27.7 Å². The zero-order chi connectivity index (χ0) is 17.7. The van der Waals surface area contributed by atoms with Crippen molar-refractivity contribution in [2.24, 2.45) is 0 Å². The first-order valence-electron chi connectivity index (χ1n) is 9.05. The second kappa shape index (κ2) is 5.38. The van der Waals surface area contributed by atoms with E-state index in [1.54, 1.807) is 0 Å². The van der Waals surface area contributed by atoms with Crippen LogP contribution in [-0.2, 0) is 14.0 Å². The van der Waals surface area contributed by atoms with Gasteiger partial charge in [0.15, 0.2) is 0 Å². The molecular formula is C16H24BNO3. The molecule has 1 aromatic heterocycles. The first kappa shape index (κ1) is 11.6. The molecule has 0 aromatic carbocycles. The predicted octanol–water partition coefficient (Wildman–Crippen LogP) is 2.27. The lowest BCUT2D eigenvalue weighted by molar-refractivity contribution is 0.00578. The lowest BCUT2D eigenvalue weighted by Crippen LogP contribution is -2.41. The summed E-state index contributed by atoms with van der Waals surface area (Å²) in [5.74, 6) is 0.0581. The van der Waals surface area contributed by atoms with E-state index >= 15 is 0 Å². The summed E-state index contributed by atoms with van der Waals surface area (Å²) in [5, 5.41) is 0. The van der Waals surface area contributed by atoms with E-state index < -0.39 is 18.3 Å². The number of nitrogens with zero attached hydrogens (tertiary/aromatic N) is 1. The molecule has 0 spiro atoms. The number of hydrogen-bond acceptors (Lipinski definition) is 4. The maximum Gasteiger partial charge on any atom is 0.514 e. The van der Waals surface area contributed by atoms with Gasteiger partial charge < -0.3 is 14.0 Å². The van der Waals surface area contributed by atoms with Gasteiger partial charge in [0.25, 0.3) is 0 Å². The molecule has 3 heterocycles. The lowest BCUT2D eigenvalue weighted by Gasteiger charge is -2.32. The summed E-state index contributed by atoms with van der Waals surface area (Å²) in [7, 11) is -0.820. The van der Waals surface area contributed by atoms with Crippen LogP contribution in [0.4, 0.5) is 0 Å². The van der Waals surface area contributed by atoms with E-state index in [2.05, 4.69) is 4.98 Å². The third kappa shape index (κ3) is 2.87. The standard InChI is InChI=1S/C16H24BNO3/c1-15(2)16(3,4)21-17(20-15)14-6-5-13(11-18-14)12-7-9-19-10-8-12/h5-6,11-12H,7-10H2,1-4H3/i5D,6D,11D. The number of hydrogen-bond donors (Lipinski definition) is 0. The van der Waals surface area contributed by atoms with Gasteiger partial charge in [-0.1, -0.05) is 6.04 Å². The number of aromatic nitrogens is 1. The van der Waals surface area contributed by atoms with Gasteiger partial charge in [-0.2, -0.15) is 0 Å². The Bertz CT molecular complexity index is 632. The summed E-state index contributed by atoms with van der Waals surface area (Å²) >= 11 is 0. The van der Waals surface area contributed by atoms with Gasteiger partial charge in [0, 0.05) is 19.4 Å². The van der Waals surface area contributed by atoms with Crippen molar-refractivity contribution < 1.29 is 18.2 Å². The Morgan fingerprint density at radius 3 is 2.38 bits per heavy atom. The van der Waals surface area contributed by atoms with E-state index in [0.717, 1.165) is 12.8 Å². The Balaban J connectivity index is 1.97. The fraction of sp³-hybridized carbons (Fsp3) is 0.688. The van der Waals surface area contributed by atoms with Gasteiger partial charge in [-0.15, -0.1) is 0 Å². The lowest BCUT2D eigenvalue weighted by atomic mass is 9.83. The Kier molecular flexibility index (Phi) is 2.98. The molecule has 4 nitrogen and oxygen atoms in total. The van der Waals surface area contributed by atoms with Crippen LogP contribution in [0.2, 0.25) is 0 Å². The molecule has 114 valence electrons. The van der Waals surface area contributed by atoms with Crippen LogP contribution in [0.5, 0.6) is 0 Å². The maximum atomic E-state index is 8.38. The molecule has 0 N–H and O–H groups in total. The molecule has 2 fully saturated rings. The molecule has 3 rings (SSSR count). The maximum absolute atomic E-state index is 8.38. The summed E-state index contributed by atoms with van der Waals surface area (Å²) in [4.78, 5) is 4.29. The van der Waals surface area contributed by atoms with E-state index in [4.69, 9.17) is 18.2 Å². The van der Waals surface area contributed by atoms with Crippen molar-refractivity contribution in [3.8, 4) is 0 Å². The van der Waals surface area contributed by atoms with Crippen LogP contribution in [-0.4, -0.2) is 36.5 Å². The monoisotopic (exact) mass is 292 g/mol. The minimum absolute atomic E-state index is 0.00834. The zero-order valence-electron chi connectivity index (χ0n) is 16.2. The van der Waals surface area contributed by atoms with Crippen molar-refractivity contribution in [2.75, 3.05) is 13.2 Å². The van der Waals surface area contributed by atoms with E-state index in [0.29, 0.717) is 18.8 Å². The van der Waals surface area contributed by atoms with E-state index in [-0.39, 0.29) is 29.8 Å². The largest absolute Gasteiger partial charge is 0.514 e. The van der Waals surface area contributed by atoms with Gasteiger partial charge >= 0.3 is 7.12 Å². The van der Waals surface area contributed by atoms with Crippen LogP contribution >= 0.6 is 0 Å². The van der Waals surface area contributed by atoms with Crippen molar-refractivity contribution in [3.63, 3.8) is 0 Å². The molecule has 1 aromatic rings. The normalized spacial score (nSPS) is 27.2. The minimum Gasteiger partial charge on any atom is -0.398 e. The second-order valence-corrected chi connectivity index (χ2v) is 6.75. The van der Waals surface area contributed by atoms with Gasteiger partial charge in [-0.05, 0) is 58.1 Å². The Hall–Kier alpha value is -0.905. The SMILES string of the molecule is [2H]c1nc(B2OC(C)(C)C(C)(C)O2)c([2H])c([2H])c1C1CCOCC1. The average Bonchev–Trinajstić information content (AvgIpc) is 2.72. The fourth-order valence-corrected chi connectivity index (χ4v) is 2.55. The van der Waals surface area contributed by atoms with Gasteiger partial charge in [0.05, 0.1) is 20.9 Å². The van der Waals surface area contributed by atoms with Gasteiger partial charge in [0.1, 0.15) is 0 Å². The highest BCUT2D eigenvalue weighted by atomic mass is 16.7. The van der Waals surface area contributed by atoms with Crippen molar-refractivity contribution in [1.29, 1.82) is 0 Å². The molecule has 2 saturated heterocycles. The van der Waals surface area contributed by atoms with Crippen LogP contribution in [0.15, 0.2) is 18.3 Å². The van der Waals surface area contributed by atoms with Crippen LogP contribution in [0.1, 0.15) is 56.1 Å². The van der Waals surface area contributed by atoms with Crippen molar-refractivity contribution >= 4 is 12.7 Å². The van der Waals surface area contributed by atoms with E-state index in [1.165, 1.54) is 0 Å².